The molecule has 3 nitrogen and oxygen atoms in total. The Kier molecular flexibility index (Phi) is 6.76. The van der Waals surface area contributed by atoms with Crippen molar-refractivity contribution in [2.24, 2.45) is 0 Å². The predicted octanol–water partition coefficient (Wildman–Crippen LogP) is 14.7. The number of benzene rings is 10. The van der Waals surface area contributed by atoms with Gasteiger partial charge in [-0.3, -0.25) is 4.57 Å². The summed E-state index contributed by atoms with van der Waals surface area (Å²) in [7, 11) is 0. The second-order valence-corrected chi connectivity index (χ2v) is 16.8. The molecule has 1 spiro atoms. The van der Waals surface area contributed by atoms with Crippen molar-refractivity contribution in [3.05, 3.63) is 235 Å². The number of rotatable bonds is 3. The van der Waals surface area contributed by atoms with E-state index < -0.39 is 5.41 Å². The van der Waals surface area contributed by atoms with Gasteiger partial charge in [0, 0.05) is 23.2 Å². The molecule has 0 radical (unpaired) electrons. The largest absolute Gasteiger partial charge is 0.278 e. The summed E-state index contributed by atoms with van der Waals surface area (Å²) in [5, 5.41) is 9.82. The minimum absolute atomic E-state index is 0.568. The van der Waals surface area contributed by atoms with Gasteiger partial charge in [-0.2, -0.15) is 0 Å². The lowest BCUT2D eigenvalue weighted by Crippen LogP contribution is -2.26. The van der Waals surface area contributed by atoms with Crippen LogP contribution >= 0.6 is 0 Å². The Morgan fingerprint density at radius 1 is 0.323 bits per heavy atom. The van der Waals surface area contributed by atoms with E-state index in [1.54, 1.807) is 0 Å². The maximum absolute atomic E-state index is 4.87. The molecule has 286 valence electrons. The Balaban J connectivity index is 1.11. The van der Waals surface area contributed by atoms with E-state index in [1.807, 2.05) is 18.5 Å². The van der Waals surface area contributed by atoms with Crippen molar-refractivity contribution >= 4 is 54.1 Å². The van der Waals surface area contributed by atoms with Crippen LogP contribution in [-0.2, 0) is 5.41 Å². The van der Waals surface area contributed by atoms with E-state index >= 15 is 0 Å². The van der Waals surface area contributed by atoms with Gasteiger partial charge in [0.05, 0.1) is 16.4 Å². The lowest BCUT2D eigenvalue weighted by molar-refractivity contribution is 0.794. The summed E-state index contributed by atoms with van der Waals surface area (Å²) in [5.41, 5.74) is 17.0. The third-order valence-electron chi connectivity index (χ3n) is 13.9. The van der Waals surface area contributed by atoms with Crippen molar-refractivity contribution in [3.63, 3.8) is 0 Å². The Morgan fingerprint density at radius 3 is 1.50 bits per heavy atom. The molecule has 1 unspecified atom stereocenters. The fourth-order valence-corrected chi connectivity index (χ4v) is 11.5. The first-order valence-corrected chi connectivity index (χ1v) is 21.4. The summed E-state index contributed by atoms with van der Waals surface area (Å²) in [4.78, 5) is 9.74. The second kappa shape index (κ2) is 12.4. The summed E-state index contributed by atoms with van der Waals surface area (Å²) < 4.78 is 2.28. The summed E-state index contributed by atoms with van der Waals surface area (Å²) in [6, 6.07) is 74.4. The minimum atomic E-state index is -0.568. The van der Waals surface area contributed by atoms with Crippen LogP contribution in [0, 0.1) is 0 Å². The molecule has 3 heteroatoms. The molecule has 0 saturated heterocycles. The molecule has 2 aromatic heterocycles. The lowest BCUT2D eigenvalue weighted by atomic mass is 9.70. The van der Waals surface area contributed by atoms with Crippen LogP contribution in [0.2, 0.25) is 0 Å². The molecule has 62 heavy (non-hydrogen) atoms. The van der Waals surface area contributed by atoms with Gasteiger partial charge in [0.2, 0.25) is 5.95 Å². The molecule has 14 rings (SSSR count). The highest BCUT2D eigenvalue weighted by atomic mass is 15.1. The van der Waals surface area contributed by atoms with Gasteiger partial charge in [-0.25, -0.2) is 9.97 Å². The molecule has 0 bridgehead atoms. The van der Waals surface area contributed by atoms with Crippen molar-refractivity contribution in [2.45, 2.75) is 5.41 Å². The predicted molar refractivity (Wildman–Crippen MR) is 256 cm³/mol. The Hall–Kier alpha value is -8.14. The van der Waals surface area contributed by atoms with E-state index in [0.29, 0.717) is 5.95 Å². The molecule has 0 fully saturated rings. The van der Waals surface area contributed by atoms with Crippen LogP contribution in [0.15, 0.2) is 213 Å². The smallest absolute Gasteiger partial charge is 0.234 e. The lowest BCUT2D eigenvalue weighted by Gasteiger charge is -2.31. The van der Waals surface area contributed by atoms with Crippen LogP contribution in [-0.4, -0.2) is 14.5 Å². The zero-order chi connectivity index (χ0) is 40.5. The molecular formula is C59H35N3. The van der Waals surface area contributed by atoms with Gasteiger partial charge in [0.1, 0.15) is 0 Å². The van der Waals surface area contributed by atoms with Crippen LogP contribution < -0.4 is 0 Å². The highest BCUT2D eigenvalue weighted by Gasteiger charge is 2.52. The van der Waals surface area contributed by atoms with Crippen molar-refractivity contribution in [1.29, 1.82) is 0 Å². The third kappa shape index (κ3) is 4.34. The van der Waals surface area contributed by atoms with E-state index in [-0.39, 0.29) is 0 Å². The van der Waals surface area contributed by atoms with Gasteiger partial charge in [-0.15, -0.1) is 0 Å². The molecule has 12 aromatic rings. The van der Waals surface area contributed by atoms with Gasteiger partial charge in [-0.1, -0.05) is 164 Å². The number of hydrogen-bond acceptors (Lipinski definition) is 2. The fraction of sp³-hybridized carbons (Fsp3) is 0.0169. The first-order valence-electron chi connectivity index (χ1n) is 21.4. The highest BCUT2D eigenvalue weighted by molar-refractivity contribution is 6.22. The van der Waals surface area contributed by atoms with Crippen LogP contribution in [0.1, 0.15) is 22.3 Å². The van der Waals surface area contributed by atoms with Gasteiger partial charge in [0.15, 0.2) is 0 Å². The van der Waals surface area contributed by atoms with Crippen LogP contribution in [0.4, 0.5) is 0 Å². The Bertz CT molecular complexity index is 3810. The zero-order valence-corrected chi connectivity index (χ0v) is 33.5. The molecular weight excluding hydrogens is 751 g/mol. The molecule has 0 saturated carbocycles. The SMILES string of the molecule is c1ccc(-c2c3ccccc3c(-c3ccc4c(c3)C3(c5ccccc5-4)c4ccccc4-c4cc5c6cc7ccccc7cc6n(-c6ncccn6)c5cc43)c3ccccc23)cc1. The van der Waals surface area contributed by atoms with E-state index in [4.69, 9.17) is 9.97 Å². The number of hydrogen-bond donors (Lipinski definition) is 0. The topological polar surface area (TPSA) is 30.7 Å². The second-order valence-electron chi connectivity index (χ2n) is 16.8. The number of fused-ring (bicyclic) bond motifs is 16. The van der Waals surface area contributed by atoms with Crippen LogP contribution in [0.3, 0.4) is 0 Å². The maximum atomic E-state index is 4.87. The molecule has 1 atom stereocenters. The van der Waals surface area contributed by atoms with E-state index in [2.05, 4.69) is 199 Å². The molecule has 2 aliphatic carbocycles. The Labute approximate surface area is 357 Å². The van der Waals surface area contributed by atoms with Crippen LogP contribution in [0.25, 0.3) is 105 Å². The van der Waals surface area contributed by atoms with Crippen molar-refractivity contribution in [3.8, 4) is 50.5 Å². The molecule has 0 N–H and O–H groups in total. The van der Waals surface area contributed by atoms with E-state index in [1.165, 1.54) is 110 Å². The summed E-state index contributed by atoms with van der Waals surface area (Å²) in [5.74, 6) is 0.666. The van der Waals surface area contributed by atoms with Crippen molar-refractivity contribution < 1.29 is 0 Å². The quantitative estimate of drug-likeness (QED) is 0.167. The van der Waals surface area contributed by atoms with Gasteiger partial charge < -0.3 is 0 Å². The minimum Gasteiger partial charge on any atom is -0.278 e. The van der Waals surface area contributed by atoms with Gasteiger partial charge in [0.25, 0.3) is 0 Å². The molecule has 10 aromatic carbocycles. The average molecular weight is 786 g/mol. The summed E-state index contributed by atoms with van der Waals surface area (Å²) >= 11 is 0. The maximum Gasteiger partial charge on any atom is 0.234 e. The molecule has 2 aliphatic rings. The number of nitrogens with zero attached hydrogens (tertiary/aromatic N) is 3. The third-order valence-corrected chi connectivity index (χ3v) is 13.9. The molecule has 0 aliphatic heterocycles. The van der Waals surface area contributed by atoms with Crippen LogP contribution in [0.5, 0.6) is 0 Å². The van der Waals surface area contributed by atoms with Gasteiger partial charge >= 0.3 is 0 Å². The van der Waals surface area contributed by atoms with Crippen molar-refractivity contribution in [1.82, 2.24) is 14.5 Å². The fourth-order valence-electron chi connectivity index (χ4n) is 11.5. The standard InChI is InChI=1S/C59H35N3/c1-2-15-36(16-3-1)56-43-21-6-8-23-45(43)57(46-24-9-7-22-44(46)56)39-27-28-42-40-19-10-12-25-50(40)59(52(42)32-39)51-26-13-11-20-41(51)47-34-49-48-31-37-17-4-5-18-38(37)33-54(48)62(55(49)35-53(47)59)58-60-29-14-30-61-58/h1-35H. The zero-order valence-electron chi connectivity index (χ0n) is 33.5. The first-order chi connectivity index (χ1) is 30.8. The molecule has 0 amide bonds. The Morgan fingerprint density at radius 2 is 0.823 bits per heavy atom. The van der Waals surface area contributed by atoms with E-state index in [0.717, 1.165) is 11.0 Å². The normalized spacial score (nSPS) is 14.8. The summed E-state index contributed by atoms with van der Waals surface area (Å²) in [6.07, 6.45) is 3.69. The molecule has 2 heterocycles. The van der Waals surface area contributed by atoms with Crippen molar-refractivity contribution in [2.75, 3.05) is 0 Å². The van der Waals surface area contributed by atoms with E-state index in [9.17, 15) is 0 Å². The first kappa shape index (κ1) is 33.7. The van der Waals surface area contributed by atoms with Gasteiger partial charge in [-0.05, 0) is 135 Å². The highest BCUT2D eigenvalue weighted by Crippen LogP contribution is 2.64. The monoisotopic (exact) mass is 785 g/mol. The summed E-state index contributed by atoms with van der Waals surface area (Å²) in [6.45, 7) is 0. The number of aromatic nitrogens is 3. The average Bonchev–Trinajstić information content (AvgIpc) is 3.92.